The van der Waals surface area contributed by atoms with Crippen LogP contribution in [0.3, 0.4) is 0 Å². The maximum atomic E-state index is 12.4. The van der Waals surface area contributed by atoms with Crippen LogP contribution in [0.25, 0.3) is 6.08 Å². The summed E-state index contributed by atoms with van der Waals surface area (Å²) >= 11 is 0. The predicted molar refractivity (Wildman–Crippen MR) is 103 cm³/mol. The Morgan fingerprint density at radius 2 is 2.07 bits per heavy atom. The molecule has 0 bridgehead atoms. The fourth-order valence-corrected chi connectivity index (χ4v) is 4.20. The first-order chi connectivity index (χ1) is 13.8. The van der Waals surface area contributed by atoms with Crippen LogP contribution in [0.4, 0.5) is 0 Å². The van der Waals surface area contributed by atoms with Gasteiger partial charge in [0.25, 0.3) is 5.91 Å². The van der Waals surface area contributed by atoms with Crippen LogP contribution in [0.2, 0.25) is 0 Å². The van der Waals surface area contributed by atoms with Crippen LogP contribution in [0.15, 0.2) is 27.5 Å². The first kappa shape index (κ1) is 17.4. The van der Waals surface area contributed by atoms with Gasteiger partial charge >= 0.3 is 0 Å². The molecule has 2 aromatic heterocycles. The number of nitrogens with one attached hydrogen (secondary N) is 2. The zero-order chi connectivity index (χ0) is 18.9. The minimum atomic E-state index is -0.226. The Morgan fingerprint density at radius 1 is 1.21 bits per heavy atom. The molecule has 4 heterocycles. The van der Waals surface area contributed by atoms with Gasteiger partial charge in [0.15, 0.2) is 5.76 Å². The van der Waals surface area contributed by atoms with Gasteiger partial charge in [-0.05, 0) is 42.9 Å². The molecule has 2 aliphatic heterocycles. The molecule has 0 spiro atoms. The number of ether oxygens (including phenoxy) is 1. The lowest BCUT2D eigenvalue weighted by Gasteiger charge is -2.27. The number of nitrogens with zero attached hydrogens (tertiary/aromatic N) is 3. The number of aryl methyl sites for hydroxylation is 1. The average Bonchev–Trinajstić information content (AvgIpc) is 3.44. The summed E-state index contributed by atoms with van der Waals surface area (Å²) in [5.74, 6) is 0.256. The lowest BCUT2D eigenvalue weighted by Crippen LogP contribution is -2.36. The van der Waals surface area contributed by atoms with Crippen LogP contribution in [0.5, 0.6) is 0 Å². The van der Waals surface area contributed by atoms with E-state index in [1.54, 1.807) is 12.3 Å². The molecule has 1 fully saturated rings. The Kier molecular flexibility index (Phi) is 4.58. The standard InChI is InChI=1S/C20H23N5O3/c26-20-14(19(23-24-20)18-5-6-21-28-18)11-17-15(12-25-7-9-27-10-8-25)13-3-1-2-4-16(13)22-17/h5-6,11,22H,1-4,7-10,12H2,(H,24,26)/b14-11+. The van der Waals surface area contributed by atoms with Crippen LogP contribution in [0.1, 0.15) is 41.1 Å². The van der Waals surface area contributed by atoms with Crippen molar-refractivity contribution >= 4 is 17.7 Å². The lowest BCUT2D eigenvalue weighted by molar-refractivity contribution is -0.116. The van der Waals surface area contributed by atoms with Gasteiger partial charge in [0.05, 0.1) is 25.0 Å². The third-order valence-corrected chi connectivity index (χ3v) is 5.66. The quantitative estimate of drug-likeness (QED) is 0.785. The molecular weight excluding hydrogens is 358 g/mol. The van der Waals surface area contributed by atoms with Crippen molar-refractivity contribution in [3.8, 4) is 0 Å². The van der Waals surface area contributed by atoms with Crippen molar-refractivity contribution in [3.63, 3.8) is 0 Å². The molecule has 1 saturated heterocycles. The van der Waals surface area contributed by atoms with Crippen molar-refractivity contribution in [2.45, 2.75) is 32.2 Å². The summed E-state index contributed by atoms with van der Waals surface area (Å²) in [5, 5.41) is 7.87. The van der Waals surface area contributed by atoms with Crippen molar-refractivity contribution in [1.29, 1.82) is 0 Å². The van der Waals surface area contributed by atoms with Crippen molar-refractivity contribution in [2.24, 2.45) is 5.10 Å². The van der Waals surface area contributed by atoms with Crippen molar-refractivity contribution in [3.05, 3.63) is 46.1 Å². The summed E-state index contributed by atoms with van der Waals surface area (Å²) in [7, 11) is 0. The zero-order valence-corrected chi connectivity index (χ0v) is 15.7. The smallest absolute Gasteiger partial charge is 0.273 e. The van der Waals surface area contributed by atoms with Crippen molar-refractivity contribution in [1.82, 2.24) is 20.5 Å². The number of morpholine rings is 1. The van der Waals surface area contributed by atoms with Crippen LogP contribution < -0.4 is 5.43 Å². The number of hydrazone groups is 1. The van der Waals surface area contributed by atoms with E-state index in [-0.39, 0.29) is 5.91 Å². The fraction of sp³-hybridized carbons (Fsp3) is 0.450. The fourth-order valence-electron chi connectivity index (χ4n) is 4.20. The molecule has 8 heteroatoms. The number of aromatic amines is 1. The summed E-state index contributed by atoms with van der Waals surface area (Å²) in [5.41, 5.74) is 8.55. The molecule has 3 aliphatic rings. The van der Waals surface area contributed by atoms with Crippen LogP contribution in [-0.2, 0) is 28.9 Å². The highest BCUT2D eigenvalue weighted by Crippen LogP contribution is 2.30. The third-order valence-electron chi connectivity index (χ3n) is 5.66. The molecule has 0 aromatic carbocycles. The van der Waals surface area contributed by atoms with Gasteiger partial charge in [-0.1, -0.05) is 5.16 Å². The van der Waals surface area contributed by atoms with Gasteiger partial charge in [0.1, 0.15) is 5.71 Å². The van der Waals surface area contributed by atoms with Gasteiger partial charge in [-0.3, -0.25) is 9.69 Å². The number of carbonyl (C=O) groups is 1. The van der Waals surface area contributed by atoms with Gasteiger partial charge in [0, 0.05) is 37.1 Å². The maximum Gasteiger partial charge on any atom is 0.273 e. The van der Waals surface area contributed by atoms with E-state index in [0.717, 1.165) is 51.4 Å². The molecule has 0 saturated carbocycles. The Balaban J connectivity index is 1.53. The van der Waals surface area contributed by atoms with E-state index in [4.69, 9.17) is 9.26 Å². The number of amides is 1. The highest BCUT2D eigenvalue weighted by Gasteiger charge is 2.28. The third kappa shape index (κ3) is 3.18. The lowest BCUT2D eigenvalue weighted by atomic mass is 9.93. The predicted octanol–water partition coefficient (Wildman–Crippen LogP) is 1.63. The number of hydrogen-bond donors (Lipinski definition) is 2. The molecule has 1 aliphatic carbocycles. The molecule has 1 amide bonds. The molecule has 146 valence electrons. The number of rotatable bonds is 4. The number of hydrogen-bond acceptors (Lipinski definition) is 6. The first-order valence-electron chi connectivity index (χ1n) is 9.83. The summed E-state index contributed by atoms with van der Waals surface area (Å²) in [6.07, 6.45) is 8.02. The zero-order valence-electron chi connectivity index (χ0n) is 15.7. The monoisotopic (exact) mass is 381 g/mol. The van der Waals surface area contributed by atoms with Gasteiger partial charge < -0.3 is 14.2 Å². The normalized spacial score (nSPS) is 21.6. The van der Waals surface area contributed by atoms with Crippen LogP contribution in [-0.4, -0.2) is 53.0 Å². The Labute approximate surface area is 162 Å². The molecule has 0 radical (unpaired) electrons. The number of fused-ring (bicyclic) bond motifs is 1. The summed E-state index contributed by atoms with van der Waals surface area (Å²) in [4.78, 5) is 18.4. The maximum absolute atomic E-state index is 12.4. The van der Waals surface area contributed by atoms with Crippen molar-refractivity contribution < 1.29 is 14.1 Å². The first-order valence-corrected chi connectivity index (χ1v) is 9.83. The summed E-state index contributed by atoms with van der Waals surface area (Å²) in [6.45, 7) is 4.27. The van der Waals surface area contributed by atoms with E-state index in [2.05, 4.69) is 25.6 Å². The molecule has 2 N–H and O–H groups in total. The highest BCUT2D eigenvalue weighted by molar-refractivity contribution is 6.32. The van der Waals surface area contributed by atoms with Gasteiger partial charge in [0.2, 0.25) is 0 Å². The van der Waals surface area contributed by atoms with Gasteiger partial charge in [-0.2, -0.15) is 5.10 Å². The van der Waals surface area contributed by atoms with E-state index >= 15 is 0 Å². The highest BCUT2D eigenvalue weighted by atomic mass is 16.5. The largest absolute Gasteiger partial charge is 0.379 e. The number of carbonyl (C=O) groups excluding carboxylic acids is 1. The van der Waals surface area contributed by atoms with E-state index in [9.17, 15) is 4.79 Å². The Morgan fingerprint density at radius 3 is 2.89 bits per heavy atom. The van der Waals surface area contributed by atoms with E-state index in [0.29, 0.717) is 17.0 Å². The number of H-pyrrole nitrogens is 1. The molecule has 5 rings (SSSR count). The molecule has 8 nitrogen and oxygen atoms in total. The van der Waals surface area contributed by atoms with E-state index in [1.165, 1.54) is 29.7 Å². The SMILES string of the molecule is O=C1NN=C(c2ccno2)/C1=C\c1[nH]c2c(c1CN1CCOCC1)CCCC2. The second-order valence-corrected chi connectivity index (χ2v) is 7.41. The molecule has 0 unspecified atom stereocenters. The minimum Gasteiger partial charge on any atom is -0.379 e. The Hall–Kier alpha value is -2.71. The minimum absolute atomic E-state index is 0.226. The molecular formula is C20H23N5O3. The van der Waals surface area contributed by atoms with E-state index < -0.39 is 0 Å². The van der Waals surface area contributed by atoms with Gasteiger partial charge in [-0.15, -0.1) is 0 Å². The van der Waals surface area contributed by atoms with Crippen molar-refractivity contribution in [2.75, 3.05) is 26.3 Å². The number of aromatic nitrogens is 2. The Bertz CT molecular complexity index is 935. The van der Waals surface area contributed by atoms with Gasteiger partial charge in [-0.25, -0.2) is 5.43 Å². The molecule has 0 atom stereocenters. The second kappa shape index (κ2) is 7.37. The van der Waals surface area contributed by atoms with Crippen LogP contribution in [0, 0.1) is 0 Å². The topological polar surface area (TPSA) is 95.8 Å². The molecule has 2 aromatic rings. The average molecular weight is 381 g/mol. The van der Waals surface area contributed by atoms with Crippen LogP contribution >= 0.6 is 0 Å². The summed E-state index contributed by atoms with van der Waals surface area (Å²) in [6, 6.07) is 1.71. The second-order valence-electron chi connectivity index (χ2n) is 7.41. The summed E-state index contributed by atoms with van der Waals surface area (Å²) < 4.78 is 10.7. The van der Waals surface area contributed by atoms with E-state index in [1.807, 2.05) is 6.08 Å². The molecule has 28 heavy (non-hydrogen) atoms.